The summed E-state index contributed by atoms with van der Waals surface area (Å²) in [5, 5.41) is 8.55. The summed E-state index contributed by atoms with van der Waals surface area (Å²) in [5.41, 5.74) is 0. The molecule has 0 rings (SSSR count). The fourth-order valence-corrected chi connectivity index (χ4v) is 2.34. The first-order valence-electron chi connectivity index (χ1n) is 4.56. The second kappa shape index (κ2) is 7.22. The first kappa shape index (κ1) is 14.9. The van der Waals surface area contributed by atoms with Crippen molar-refractivity contribution >= 4 is 16.0 Å². The number of hydrogen-bond donors (Lipinski definition) is 1. The molecule has 0 fully saturated rings. The highest BCUT2D eigenvalue weighted by Crippen LogP contribution is 2.03. The molecular formula is C9H15NO5S. The molecule has 0 amide bonds. The van der Waals surface area contributed by atoms with Crippen molar-refractivity contribution in [1.82, 2.24) is 4.31 Å². The molecule has 16 heavy (non-hydrogen) atoms. The zero-order valence-electron chi connectivity index (χ0n) is 9.05. The Morgan fingerprint density at radius 3 is 2.62 bits per heavy atom. The second-order valence-electron chi connectivity index (χ2n) is 3.03. The number of carbonyl (C=O) groups is 1. The lowest BCUT2D eigenvalue weighted by Crippen LogP contribution is -2.37. The fourth-order valence-electron chi connectivity index (χ4n) is 1.02. The highest BCUT2D eigenvalue weighted by atomic mass is 32.2. The number of hydrogen-bond acceptors (Lipinski definition) is 4. The normalized spacial score (nSPS) is 11.3. The highest BCUT2D eigenvalue weighted by molar-refractivity contribution is 7.89. The van der Waals surface area contributed by atoms with Crippen LogP contribution in [0.2, 0.25) is 0 Å². The van der Waals surface area contributed by atoms with E-state index in [9.17, 15) is 13.2 Å². The van der Waals surface area contributed by atoms with E-state index in [0.717, 1.165) is 4.31 Å². The molecule has 6 nitrogen and oxygen atoms in total. The summed E-state index contributed by atoms with van der Waals surface area (Å²) in [6.45, 7) is -0.544. The molecular weight excluding hydrogens is 234 g/mol. The lowest BCUT2D eigenvalue weighted by Gasteiger charge is -2.17. The molecule has 7 heteroatoms. The number of aliphatic carboxylic acids is 1. The monoisotopic (exact) mass is 249 g/mol. The lowest BCUT2D eigenvalue weighted by atomic mass is 10.5. The third-order valence-electron chi connectivity index (χ3n) is 1.72. The van der Waals surface area contributed by atoms with Gasteiger partial charge < -0.3 is 9.84 Å². The predicted molar refractivity (Wildman–Crippen MR) is 58.3 cm³/mol. The number of nitrogens with zero attached hydrogens (tertiary/aromatic N) is 1. The zero-order valence-corrected chi connectivity index (χ0v) is 9.87. The van der Waals surface area contributed by atoms with Gasteiger partial charge in [-0.15, -0.1) is 6.42 Å². The summed E-state index contributed by atoms with van der Waals surface area (Å²) in [6, 6.07) is 0. The van der Waals surface area contributed by atoms with E-state index in [4.69, 9.17) is 16.3 Å². The van der Waals surface area contributed by atoms with Gasteiger partial charge in [-0.3, -0.25) is 4.79 Å². The largest absolute Gasteiger partial charge is 0.480 e. The molecule has 0 unspecified atom stereocenters. The van der Waals surface area contributed by atoms with Crippen LogP contribution < -0.4 is 0 Å². The van der Waals surface area contributed by atoms with Crippen LogP contribution in [-0.4, -0.2) is 56.4 Å². The lowest BCUT2D eigenvalue weighted by molar-refractivity contribution is -0.137. The van der Waals surface area contributed by atoms with Crippen LogP contribution in [0, 0.1) is 12.3 Å². The van der Waals surface area contributed by atoms with Crippen molar-refractivity contribution in [2.24, 2.45) is 0 Å². The van der Waals surface area contributed by atoms with Crippen LogP contribution in [0.25, 0.3) is 0 Å². The van der Waals surface area contributed by atoms with Crippen molar-refractivity contribution in [3.05, 3.63) is 0 Å². The van der Waals surface area contributed by atoms with E-state index in [1.807, 2.05) is 0 Å². The van der Waals surface area contributed by atoms with Gasteiger partial charge in [-0.2, -0.15) is 4.31 Å². The van der Waals surface area contributed by atoms with Gasteiger partial charge >= 0.3 is 5.97 Å². The number of rotatable bonds is 8. The van der Waals surface area contributed by atoms with E-state index < -0.39 is 22.5 Å². The summed E-state index contributed by atoms with van der Waals surface area (Å²) >= 11 is 0. The van der Waals surface area contributed by atoms with Crippen molar-refractivity contribution < 1.29 is 23.1 Å². The third-order valence-corrected chi connectivity index (χ3v) is 3.57. The smallest absolute Gasteiger partial charge is 0.318 e. The number of carboxylic acid groups (broad SMARTS) is 1. The summed E-state index contributed by atoms with van der Waals surface area (Å²) in [7, 11) is -2.16. The Kier molecular flexibility index (Phi) is 6.72. The molecule has 0 atom stereocenters. The van der Waals surface area contributed by atoms with Crippen LogP contribution in [0.15, 0.2) is 0 Å². The van der Waals surface area contributed by atoms with Gasteiger partial charge in [0, 0.05) is 13.7 Å². The van der Waals surface area contributed by atoms with Crippen molar-refractivity contribution in [2.75, 3.05) is 32.6 Å². The van der Waals surface area contributed by atoms with Crippen molar-refractivity contribution in [3.63, 3.8) is 0 Å². The van der Waals surface area contributed by atoms with Gasteiger partial charge in [-0.1, -0.05) is 5.92 Å². The van der Waals surface area contributed by atoms with Gasteiger partial charge in [0.2, 0.25) is 10.0 Å². The molecule has 92 valence electrons. The number of terminal acetylenes is 1. The van der Waals surface area contributed by atoms with Crippen molar-refractivity contribution in [1.29, 1.82) is 0 Å². The Hall–Kier alpha value is -1.10. The minimum atomic E-state index is -3.62. The summed E-state index contributed by atoms with van der Waals surface area (Å²) < 4.78 is 28.8. The summed E-state index contributed by atoms with van der Waals surface area (Å²) in [4.78, 5) is 10.5. The quantitative estimate of drug-likeness (QED) is 0.457. The highest BCUT2D eigenvalue weighted by Gasteiger charge is 2.22. The van der Waals surface area contributed by atoms with Crippen LogP contribution in [0.3, 0.4) is 0 Å². The fraction of sp³-hybridized carbons (Fsp3) is 0.667. The predicted octanol–water partition coefficient (Wildman–Crippen LogP) is -0.627. The third kappa shape index (κ3) is 5.70. The number of sulfonamides is 1. The number of ether oxygens (including phenoxy) is 1. The Labute approximate surface area is 95.2 Å². The van der Waals surface area contributed by atoms with Gasteiger partial charge in [-0.25, -0.2) is 8.42 Å². The van der Waals surface area contributed by atoms with Crippen LogP contribution >= 0.6 is 0 Å². The van der Waals surface area contributed by atoms with Crippen LogP contribution in [0.5, 0.6) is 0 Å². The van der Waals surface area contributed by atoms with Gasteiger partial charge in [0.1, 0.15) is 6.54 Å². The molecule has 0 bridgehead atoms. The van der Waals surface area contributed by atoms with E-state index >= 15 is 0 Å². The van der Waals surface area contributed by atoms with Crippen molar-refractivity contribution in [3.8, 4) is 12.3 Å². The summed E-state index contributed by atoms with van der Waals surface area (Å²) in [6.07, 6.45) is 5.29. The first-order valence-corrected chi connectivity index (χ1v) is 6.17. The minimum Gasteiger partial charge on any atom is -0.480 e. The molecule has 0 aliphatic rings. The number of carboxylic acids is 1. The van der Waals surface area contributed by atoms with Crippen molar-refractivity contribution in [2.45, 2.75) is 6.42 Å². The molecule has 0 radical (unpaired) electrons. The topological polar surface area (TPSA) is 83.9 Å². The molecule has 0 aromatic heterocycles. The van der Waals surface area contributed by atoms with Crippen LogP contribution in [-0.2, 0) is 19.6 Å². The Balaban J connectivity index is 4.51. The van der Waals surface area contributed by atoms with E-state index in [1.165, 1.54) is 7.11 Å². The standard InChI is InChI=1S/C9H15NO5S/c1-3-5-10(8-9(11)12)16(13,14)7-4-6-15-2/h1H,4-8H2,2H3,(H,11,12). The van der Waals surface area contributed by atoms with E-state index in [-0.39, 0.29) is 12.3 Å². The molecule has 0 heterocycles. The van der Waals surface area contributed by atoms with Gasteiger partial charge in [-0.05, 0) is 6.42 Å². The SMILES string of the molecule is C#CCN(CC(=O)O)S(=O)(=O)CCCOC. The average molecular weight is 249 g/mol. The van der Waals surface area contributed by atoms with E-state index in [1.54, 1.807) is 0 Å². The summed E-state index contributed by atoms with van der Waals surface area (Å²) in [5.74, 6) is 0.720. The molecule has 1 N–H and O–H groups in total. The molecule has 0 spiro atoms. The molecule has 0 saturated carbocycles. The van der Waals surface area contributed by atoms with Gasteiger partial charge in [0.25, 0.3) is 0 Å². The van der Waals surface area contributed by atoms with E-state index in [0.29, 0.717) is 13.0 Å². The molecule has 0 aliphatic carbocycles. The maximum atomic E-state index is 11.6. The van der Waals surface area contributed by atoms with E-state index in [2.05, 4.69) is 5.92 Å². The van der Waals surface area contributed by atoms with Crippen LogP contribution in [0.1, 0.15) is 6.42 Å². The second-order valence-corrected chi connectivity index (χ2v) is 5.12. The van der Waals surface area contributed by atoms with Gasteiger partial charge in [0.05, 0.1) is 12.3 Å². The maximum absolute atomic E-state index is 11.6. The maximum Gasteiger partial charge on any atom is 0.318 e. The molecule has 0 aliphatic heterocycles. The molecule has 0 aromatic carbocycles. The Bertz CT molecular complexity index is 357. The Morgan fingerprint density at radius 1 is 1.56 bits per heavy atom. The first-order chi connectivity index (χ1) is 7.44. The minimum absolute atomic E-state index is 0.171. The average Bonchev–Trinajstić information content (AvgIpc) is 2.16. The molecule has 0 saturated heterocycles. The molecule has 0 aromatic rings. The van der Waals surface area contributed by atoms with Crippen LogP contribution in [0.4, 0.5) is 0 Å². The zero-order chi connectivity index (χ0) is 12.6. The number of methoxy groups -OCH3 is 1. The van der Waals surface area contributed by atoms with Gasteiger partial charge in [0.15, 0.2) is 0 Å². The Morgan fingerprint density at radius 2 is 2.19 bits per heavy atom.